The third kappa shape index (κ3) is 4.91. The number of benzene rings is 3. The number of fused-ring (bicyclic) bond motifs is 3. The van der Waals surface area contributed by atoms with Crippen LogP contribution in [0.15, 0.2) is 83.6 Å². The minimum Gasteiger partial charge on any atom is -0.508 e. The van der Waals surface area contributed by atoms with Gasteiger partial charge < -0.3 is 10.0 Å². The molecule has 3 aromatic carbocycles. The third-order valence-electron chi connectivity index (χ3n) is 10.6. The van der Waals surface area contributed by atoms with Gasteiger partial charge >= 0.3 is 0 Å². The average molecular weight is 610 g/mol. The lowest BCUT2D eigenvalue weighted by molar-refractivity contribution is -0.602. The summed E-state index contributed by atoms with van der Waals surface area (Å²) in [5, 5.41) is 13.0. The van der Waals surface area contributed by atoms with E-state index in [0.29, 0.717) is 17.7 Å². The molecule has 43 heavy (non-hydrogen) atoms. The van der Waals surface area contributed by atoms with Crippen molar-refractivity contribution >= 4 is 41.9 Å². The quantitative estimate of drug-likeness (QED) is 0.178. The Hall–Kier alpha value is -3.08. The van der Waals surface area contributed by atoms with Crippen LogP contribution in [-0.2, 0) is 5.88 Å². The Kier molecular flexibility index (Phi) is 7.54. The summed E-state index contributed by atoms with van der Waals surface area (Å²) in [6, 6.07) is 21.5. The number of anilines is 2. The Morgan fingerprint density at radius 2 is 1.67 bits per heavy atom. The van der Waals surface area contributed by atoms with E-state index in [1.807, 2.05) is 12.1 Å². The van der Waals surface area contributed by atoms with Crippen molar-refractivity contribution < 1.29 is 9.68 Å². The number of allylic oxidation sites excluding steroid dienone is 4. The number of aromatic hydroxyl groups is 1. The van der Waals surface area contributed by atoms with E-state index in [4.69, 9.17) is 11.6 Å². The van der Waals surface area contributed by atoms with Crippen molar-refractivity contribution in [3.63, 3.8) is 0 Å². The molecule has 224 valence electrons. The topological polar surface area (TPSA) is 26.5 Å². The monoisotopic (exact) mass is 609 g/mol. The van der Waals surface area contributed by atoms with Gasteiger partial charge in [0.15, 0.2) is 5.54 Å². The molecular formula is C38H46ClN2OSi+. The Morgan fingerprint density at radius 1 is 1.00 bits per heavy atom. The third-order valence-corrected chi connectivity index (χ3v) is 14.6. The first-order valence-electron chi connectivity index (χ1n) is 15.8. The second kappa shape index (κ2) is 10.8. The molecule has 1 N–H and O–H groups in total. The van der Waals surface area contributed by atoms with Crippen LogP contribution < -0.4 is 10.1 Å². The SMILES string of the molecule is CC[N+]1=C2C=C3C(C=C2C(C)CC1(C)C)C(c1ccc(CCl)cc1C)c1ccc(N(C)c2ccc(O)cc2)cc1[Si]3(C)C. The zero-order valence-electron chi connectivity index (χ0n) is 27.0. The molecule has 3 aliphatic rings. The highest BCUT2D eigenvalue weighted by molar-refractivity contribution is 6.96. The molecule has 3 aromatic rings. The van der Waals surface area contributed by atoms with Gasteiger partial charge in [-0.05, 0) is 97.5 Å². The lowest BCUT2D eigenvalue weighted by Gasteiger charge is -2.47. The zero-order valence-corrected chi connectivity index (χ0v) is 28.8. The summed E-state index contributed by atoms with van der Waals surface area (Å²) in [7, 11) is 0.0450. The lowest BCUT2D eigenvalue weighted by atomic mass is 9.71. The maximum atomic E-state index is 9.87. The van der Waals surface area contributed by atoms with Crippen molar-refractivity contribution in [2.24, 2.45) is 11.8 Å². The van der Waals surface area contributed by atoms with Gasteiger partial charge in [0.05, 0.1) is 0 Å². The van der Waals surface area contributed by atoms with Gasteiger partial charge in [0.25, 0.3) is 0 Å². The van der Waals surface area contributed by atoms with Gasteiger partial charge in [-0.15, -0.1) is 11.6 Å². The molecule has 0 aromatic heterocycles. The van der Waals surface area contributed by atoms with Crippen molar-refractivity contribution in [2.45, 2.75) is 71.5 Å². The van der Waals surface area contributed by atoms with Gasteiger partial charge in [0, 0.05) is 54.2 Å². The van der Waals surface area contributed by atoms with Crippen LogP contribution in [0.25, 0.3) is 0 Å². The molecule has 0 fully saturated rings. The summed E-state index contributed by atoms with van der Waals surface area (Å²) in [5.74, 6) is 1.95. The maximum Gasteiger partial charge on any atom is 0.203 e. The van der Waals surface area contributed by atoms with Crippen molar-refractivity contribution in [3.05, 3.63) is 106 Å². The second-order valence-electron chi connectivity index (χ2n) is 14.1. The van der Waals surface area contributed by atoms with E-state index in [9.17, 15) is 5.11 Å². The molecule has 3 unspecified atom stereocenters. The molecule has 0 radical (unpaired) electrons. The molecule has 1 aliphatic carbocycles. The predicted molar refractivity (Wildman–Crippen MR) is 186 cm³/mol. The van der Waals surface area contributed by atoms with Gasteiger partial charge in [-0.25, -0.2) is 4.58 Å². The molecule has 3 atom stereocenters. The minimum absolute atomic E-state index is 0.135. The van der Waals surface area contributed by atoms with E-state index in [2.05, 4.69) is 113 Å². The molecule has 0 bridgehead atoms. The van der Waals surface area contributed by atoms with Gasteiger partial charge in [-0.2, -0.15) is 0 Å². The van der Waals surface area contributed by atoms with Gasteiger partial charge in [-0.1, -0.05) is 55.6 Å². The molecule has 3 nitrogen and oxygen atoms in total. The van der Waals surface area contributed by atoms with E-state index in [0.717, 1.165) is 12.2 Å². The van der Waals surface area contributed by atoms with Crippen LogP contribution in [-0.4, -0.2) is 42.6 Å². The molecule has 0 spiro atoms. The number of hydrogen-bond donors (Lipinski definition) is 1. The van der Waals surface area contributed by atoms with Crippen molar-refractivity contribution in [1.29, 1.82) is 0 Å². The van der Waals surface area contributed by atoms with Gasteiger partial charge in [-0.3, -0.25) is 0 Å². The summed E-state index contributed by atoms with van der Waals surface area (Å²) in [5.41, 5.74) is 10.7. The number of phenolic OH excluding ortho intramolecular Hbond substituents is 1. The van der Waals surface area contributed by atoms with Crippen molar-refractivity contribution in [1.82, 2.24) is 0 Å². The summed E-state index contributed by atoms with van der Waals surface area (Å²) < 4.78 is 2.66. The van der Waals surface area contributed by atoms with E-state index in [-0.39, 0.29) is 17.2 Å². The molecule has 6 rings (SSSR count). The fraction of sp³-hybridized carbons (Fsp3) is 0.395. The minimum atomic E-state index is -2.08. The largest absolute Gasteiger partial charge is 0.508 e. The first-order valence-corrected chi connectivity index (χ1v) is 19.3. The number of nitrogens with zero attached hydrogens (tertiary/aromatic N) is 2. The molecular weight excluding hydrogens is 564 g/mol. The standard InChI is InChI=1S/C38H45ClN2OSi/c1-9-41-34-21-36-33(20-32(34)25(3)22-38(41,4)5)37(30-16-10-26(23-39)18-24(30)2)31-17-13-28(19-35(31)43(36,7)8)40(6)27-11-14-29(42)15-12-27/h10-21,25,33,37H,9,22-23H2,1-8H3/p+1. The number of aryl methyl sites for hydroxylation is 1. The number of hydrogen-bond acceptors (Lipinski definition) is 2. The van der Waals surface area contributed by atoms with Crippen LogP contribution in [0.4, 0.5) is 11.4 Å². The number of halogens is 1. The van der Waals surface area contributed by atoms with Gasteiger partial charge in [0.1, 0.15) is 20.4 Å². The molecule has 0 saturated carbocycles. The highest BCUT2D eigenvalue weighted by Gasteiger charge is 2.50. The highest BCUT2D eigenvalue weighted by atomic mass is 35.5. The van der Waals surface area contributed by atoms with E-state index < -0.39 is 8.07 Å². The predicted octanol–water partition coefficient (Wildman–Crippen LogP) is 8.58. The fourth-order valence-electron chi connectivity index (χ4n) is 8.38. The average Bonchev–Trinajstić information content (AvgIpc) is 2.97. The number of phenols is 1. The highest BCUT2D eigenvalue weighted by Crippen LogP contribution is 2.50. The number of rotatable bonds is 5. The molecule has 2 aliphatic heterocycles. The zero-order chi connectivity index (χ0) is 30.8. The van der Waals surface area contributed by atoms with E-state index in [1.165, 1.54) is 50.8 Å². The van der Waals surface area contributed by atoms with Crippen LogP contribution in [0, 0.1) is 18.8 Å². The lowest BCUT2D eigenvalue weighted by Crippen LogP contribution is -2.55. The van der Waals surface area contributed by atoms with Crippen LogP contribution >= 0.6 is 11.6 Å². The first kappa shape index (κ1) is 30.0. The van der Waals surface area contributed by atoms with Gasteiger partial charge in [0.2, 0.25) is 5.71 Å². The molecule has 2 heterocycles. The molecule has 0 saturated heterocycles. The Morgan fingerprint density at radius 3 is 2.33 bits per heavy atom. The van der Waals surface area contributed by atoms with Crippen LogP contribution in [0.1, 0.15) is 62.3 Å². The normalized spacial score (nSPS) is 23.5. The molecule has 5 heteroatoms. The maximum absolute atomic E-state index is 9.87. The molecule has 0 amide bonds. The number of alkyl halides is 1. The van der Waals surface area contributed by atoms with E-state index >= 15 is 0 Å². The summed E-state index contributed by atoms with van der Waals surface area (Å²) in [6.07, 6.45) is 6.49. The van der Waals surface area contributed by atoms with Crippen molar-refractivity contribution in [3.8, 4) is 5.75 Å². The van der Waals surface area contributed by atoms with E-state index in [1.54, 1.807) is 17.3 Å². The summed E-state index contributed by atoms with van der Waals surface area (Å²) in [4.78, 5) is 2.23. The Balaban J connectivity index is 1.59. The van der Waals surface area contributed by atoms with Crippen LogP contribution in [0.3, 0.4) is 0 Å². The smallest absolute Gasteiger partial charge is 0.203 e. The summed E-state index contributed by atoms with van der Waals surface area (Å²) in [6.45, 7) is 18.0. The summed E-state index contributed by atoms with van der Waals surface area (Å²) >= 11 is 6.28. The fourth-order valence-corrected chi connectivity index (χ4v) is 11.9. The van der Waals surface area contributed by atoms with Crippen LogP contribution in [0.5, 0.6) is 5.75 Å². The Labute approximate surface area is 264 Å². The Bertz CT molecular complexity index is 1680. The second-order valence-corrected chi connectivity index (χ2v) is 18.7. The van der Waals surface area contributed by atoms with Crippen LogP contribution in [0.2, 0.25) is 13.1 Å². The van der Waals surface area contributed by atoms with Crippen molar-refractivity contribution in [2.75, 3.05) is 18.5 Å². The first-order chi connectivity index (χ1) is 20.4.